The summed E-state index contributed by atoms with van der Waals surface area (Å²) in [5.41, 5.74) is 0. The minimum atomic E-state index is -7.40. The molecule has 0 saturated carbocycles. The van der Waals surface area contributed by atoms with Crippen molar-refractivity contribution in [1.29, 1.82) is 0 Å². The van der Waals surface area contributed by atoms with Crippen molar-refractivity contribution in [2.45, 2.75) is 110 Å². The second-order valence-electron chi connectivity index (χ2n) is 19.2. The third kappa shape index (κ3) is 81.4. The molecule has 72 nitrogen and oxygen atoms in total. The number of nitrogens with zero attached hydrogens (tertiary/aromatic N) is 2. The van der Waals surface area contributed by atoms with Crippen LogP contribution in [0.4, 0.5) is 0 Å². The third-order valence-electron chi connectivity index (χ3n) is 11.1. The maximum atomic E-state index is 14.0. The van der Waals surface area contributed by atoms with Gasteiger partial charge in [-0.15, -0.1) is 0 Å². The monoisotopic (exact) mass is 2370 g/mol. The summed E-state index contributed by atoms with van der Waals surface area (Å²) >= 11 is 0. The predicted octanol–water partition coefficient (Wildman–Crippen LogP) is -68.5. The van der Waals surface area contributed by atoms with Gasteiger partial charge in [0.25, 0.3) is 0 Å². The maximum Gasteiger partial charge on any atom is 1.00 e. The Morgan fingerprint density at radius 3 is 0.654 bits per heavy atom. The van der Waals surface area contributed by atoms with Gasteiger partial charge >= 0.3 is 494 Å². The van der Waals surface area contributed by atoms with Crippen LogP contribution in [0.2, 0.25) is 0 Å². The van der Waals surface area contributed by atoms with Crippen molar-refractivity contribution >= 4 is 178 Å². The first-order chi connectivity index (χ1) is 50.3. The fourth-order valence-electron chi connectivity index (χ4n) is 8.10. The van der Waals surface area contributed by atoms with E-state index in [1.165, 1.54) is 0 Å². The number of hydrogen-bond donors (Lipinski definition) is 2. The van der Waals surface area contributed by atoms with Crippen LogP contribution in [0.15, 0.2) is 9.98 Å². The summed E-state index contributed by atoms with van der Waals surface area (Å²) in [4.78, 5) is 5.21. The van der Waals surface area contributed by atoms with Crippen LogP contribution in [-0.4, -0.2) is 369 Å². The molecule has 2 aliphatic heterocycles. The smallest absolute Gasteiger partial charge is 0.860 e. The first-order valence-corrected chi connectivity index (χ1v) is 46.8. The summed E-state index contributed by atoms with van der Waals surface area (Å²) in [6, 6.07) is 0. The topological polar surface area (TPSA) is 1160 Å². The van der Waals surface area contributed by atoms with Gasteiger partial charge in [0.1, 0.15) is 85.5 Å². The van der Waals surface area contributed by atoms with Gasteiger partial charge in [-0.2, -0.15) is 16.8 Å². The zero-order chi connectivity index (χ0) is 89.3. The first-order valence-electron chi connectivity index (χ1n) is 25.4. The molecule has 2 aliphatic rings. The molecule has 2 saturated heterocycles. The molecule has 0 spiro atoms. The standard InChI is InChI=1S/C26H48N2O70S16.16Na/c29-23(19(95-111(67,68)69)15(91-107(55,56)57)11(9(87-103(43,44)45)5-81-101(37,38)39)85-25-21(97-113(73,74)75)17(93-109(61,62)63)13(89-105(49,50)51)7(83-25)3-79-99(31,32)33)27-1-2-28-24(30)20(96-112(70,71)72)16(92-108(58,59)60)12(10(88-104(46,47)48)6-82-102(40,41)42)86-26-22(98-114(76,77)78)18(94-110(64,65)66)14(90-106(52,53)54)8(84-26)4-80-100(34,35)36;;;;;;;;;;;;;;;;/h7-22,25-26H,1-6H2,(H,27,29)(H,28,30)(H,31,32,33)(H,34,35,36)(H,37,38,39)(H,40,41,42)(H,43,44,45)(H,46,47,48)(H,49,50,51)(H,52,53,54)(H,55,56,57)(H,58,59,60)(H,61,62,63)(H,64,65,66)(H,67,68,69)(H,70,71,72)(H,73,74,75)(H,76,77,78);;;;;;;;;;;;;;;;/q;16*+1/p-16/t7-,8+,9+,10-,11-,12-,13-,14-,15-,16-,17-,18-,19-,20+,21?,22-,25-,26+;;;;;;;;;;;;;;;;/m0................/s1. The van der Waals surface area contributed by atoms with Crippen LogP contribution in [0.25, 0.3) is 0 Å². The van der Waals surface area contributed by atoms with Crippen LogP contribution in [-0.2, 0) is 252 Å². The zero-order valence-corrected chi connectivity index (χ0v) is 113. The molecule has 1 unspecified atom stereocenters. The van der Waals surface area contributed by atoms with Crippen LogP contribution in [0.1, 0.15) is 0 Å². The van der Waals surface area contributed by atoms with Gasteiger partial charge in [-0.05, 0) is 11.8 Å². The summed E-state index contributed by atoms with van der Waals surface area (Å²) < 4.78 is 651. The van der Waals surface area contributed by atoms with Crippen LogP contribution in [0.5, 0.6) is 0 Å². The Balaban J connectivity index is -0.000000636. The van der Waals surface area contributed by atoms with E-state index in [0.717, 1.165) is 0 Å². The van der Waals surface area contributed by atoms with E-state index in [4.69, 9.17) is 18.9 Å². The average molecular weight is 2370 g/mol. The van der Waals surface area contributed by atoms with Gasteiger partial charge in [0.15, 0.2) is 24.8 Å². The Morgan fingerprint density at radius 2 is 0.469 bits per heavy atom. The summed E-state index contributed by atoms with van der Waals surface area (Å²) in [6.45, 7) is -15.6. The van der Waals surface area contributed by atoms with Gasteiger partial charge in [0, 0.05) is 0 Å². The normalized spacial score (nSPS) is 21.8. The van der Waals surface area contributed by atoms with Crippen molar-refractivity contribution in [1.82, 2.24) is 0 Å². The van der Waals surface area contributed by atoms with E-state index in [-0.39, 0.29) is 473 Å². The van der Waals surface area contributed by atoms with Crippen molar-refractivity contribution in [3.63, 3.8) is 0 Å². The zero-order valence-electron chi connectivity index (χ0n) is 67.7. The van der Waals surface area contributed by atoms with Crippen molar-refractivity contribution < 1.29 is 777 Å². The van der Waals surface area contributed by atoms with Crippen LogP contribution < -0.4 is 483 Å². The molecule has 130 heavy (non-hydrogen) atoms. The van der Waals surface area contributed by atoms with Crippen molar-refractivity contribution in [3.8, 4) is 0 Å². The number of hydrogen-bond acceptors (Lipinski definition) is 70. The second-order valence-corrected chi connectivity index (χ2v) is 35.6. The van der Waals surface area contributed by atoms with Crippen molar-refractivity contribution in [3.05, 3.63) is 0 Å². The largest absolute Gasteiger partial charge is 1.00 e. The summed E-state index contributed by atoms with van der Waals surface area (Å²) in [7, 11) is -111. The van der Waals surface area contributed by atoms with Gasteiger partial charge in [-0.25, -0.2) is 126 Å². The molecule has 0 aromatic heterocycles. The van der Waals surface area contributed by atoms with Crippen molar-refractivity contribution in [2.24, 2.45) is 9.98 Å². The molecular formula is C26H32N2Na16O70S16. The molecule has 18 atom stereocenters. The fourth-order valence-corrected chi connectivity index (χ4v) is 15.1. The molecule has 2 heterocycles. The van der Waals surface area contributed by atoms with E-state index in [0.29, 0.717) is 0 Å². The van der Waals surface area contributed by atoms with Crippen LogP contribution >= 0.6 is 0 Å². The van der Waals surface area contributed by atoms with E-state index in [1.54, 1.807) is 0 Å². The molecule has 2 rings (SSSR count). The Morgan fingerprint density at radius 1 is 0.262 bits per heavy atom. The number of ether oxygens (including phenoxy) is 4. The Bertz CT molecular complexity index is 5110. The number of aliphatic imine (C=N–C) groups is 2. The van der Waals surface area contributed by atoms with Crippen molar-refractivity contribution in [2.75, 3.05) is 39.5 Å². The molecular weight excluding hydrogens is 2340 g/mol. The first kappa shape index (κ1) is 176. The quantitative estimate of drug-likeness (QED) is 0.0143. The Hall–Kier alpha value is 12.7. The molecule has 2 N–H and O–H groups in total. The minimum absolute atomic E-state index is 0. The fraction of sp³-hybridized carbons (Fsp3) is 0.923. The van der Waals surface area contributed by atoms with Gasteiger partial charge in [0.05, 0.1) is 39.5 Å². The van der Waals surface area contributed by atoms with Gasteiger partial charge in [-0.3, -0.25) is 67.7 Å². The molecule has 2 fully saturated rings. The molecule has 0 aliphatic carbocycles. The third-order valence-corrected chi connectivity index (χ3v) is 18.4. The van der Waals surface area contributed by atoms with Crippen LogP contribution in [0, 0.1) is 0 Å². The molecule has 678 valence electrons. The minimum Gasteiger partial charge on any atom is -0.860 e. The second kappa shape index (κ2) is 72.5. The molecule has 0 amide bonds. The van der Waals surface area contributed by atoms with E-state index in [2.05, 4.69) is 76.9 Å². The Kier molecular flexibility index (Phi) is 98.0. The summed E-state index contributed by atoms with van der Waals surface area (Å²) in [5, 5.41) is 28.1. The number of rotatable bonds is 51. The van der Waals surface area contributed by atoms with Gasteiger partial charge < -0.3 is 103 Å². The maximum absolute atomic E-state index is 14.0. The average Bonchev–Trinajstić information content (AvgIpc) is 0.764. The van der Waals surface area contributed by atoms with E-state index in [9.17, 15) is 218 Å². The molecule has 0 bridgehead atoms. The van der Waals surface area contributed by atoms with E-state index >= 15 is 0 Å². The van der Waals surface area contributed by atoms with Gasteiger partial charge in [0.2, 0.25) is 146 Å². The summed E-state index contributed by atoms with van der Waals surface area (Å²) in [5.74, 6) is -6.47. The molecule has 0 radical (unpaired) electrons. The van der Waals surface area contributed by atoms with Gasteiger partial charge in [-0.1, -0.05) is 0 Å². The summed E-state index contributed by atoms with van der Waals surface area (Å²) in [6.07, 6.45) is -76.1. The van der Waals surface area contributed by atoms with E-state index < -0.39 is 328 Å². The SMILES string of the molecule is O=S(=O)([O-])OC[C@H](OS(=O)(=O)[O-])[C@H](O[C@H]1O[C@H](COS(=O)(=O)[O-])[C@H](OS(=O)(=O)[O-])[C@H](OS(=O)(=O)[O-])[C@@H]1OS(=O)(=O)O)[C@H](OS(=O)(=O)[O-])[C@@H](OS(=O)(=O)[O-])C([O-])=NCCN=C([O-])[C@@H](OS(=O)(=O)[O-])[C@@H](OS(=O)(=O)[O-])[C@@H](O[C@@H]1O[C@@H](COS(=O)(=O)[O-])[C@H](OS(=O)(=O)[O-])[C@H](OS(=O)(=O)[O-])C1OS(=O)(=O)O)[C@@H](COS(=O)(=O)[O-])OS(=O)(=O)[O-].[Na+].[Na+].[Na+].[Na+].[Na+].[Na+].[Na+].[Na+].[Na+].[Na+].[Na+].[Na+].[Na+].[Na+].[Na+].[Na+]. The molecule has 104 heteroatoms. The van der Waals surface area contributed by atoms with Crippen LogP contribution in [0.3, 0.4) is 0 Å². The molecule has 0 aromatic rings. The predicted molar refractivity (Wildman–Crippen MR) is 293 cm³/mol. The van der Waals surface area contributed by atoms with E-state index in [1.807, 2.05) is 0 Å². The molecule has 0 aromatic carbocycles. The Labute approximate surface area is 1090 Å².